The van der Waals surface area contributed by atoms with E-state index < -0.39 is 36.8 Å². The van der Waals surface area contributed by atoms with E-state index in [1.165, 1.54) is 11.3 Å². The van der Waals surface area contributed by atoms with Gasteiger partial charge in [0.15, 0.2) is 12.2 Å². The topological polar surface area (TPSA) is 117 Å². The van der Waals surface area contributed by atoms with Crippen LogP contribution in [-0.2, 0) is 25.6 Å². The Morgan fingerprint density at radius 3 is 2.65 bits per heavy atom. The van der Waals surface area contributed by atoms with Crippen molar-refractivity contribution < 1.29 is 28.3 Å². The predicted molar refractivity (Wildman–Crippen MR) is 114 cm³/mol. The molecule has 0 aliphatic heterocycles. The van der Waals surface area contributed by atoms with Gasteiger partial charge in [-0.25, -0.2) is 9.59 Å². The second kappa shape index (κ2) is 9.61. The van der Waals surface area contributed by atoms with E-state index in [2.05, 4.69) is 5.32 Å². The number of para-hydroxylation sites is 2. The summed E-state index contributed by atoms with van der Waals surface area (Å²) in [5.41, 5.74) is 1.06. The summed E-state index contributed by atoms with van der Waals surface area (Å²) in [5.74, 6) is -2.46. The van der Waals surface area contributed by atoms with Crippen LogP contribution in [0.2, 0.25) is 0 Å². The Kier molecular flexibility index (Phi) is 6.91. The molecule has 0 spiro atoms. The number of ether oxygens (including phenoxy) is 2. The summed E-state index contributed by atoms with van der Waals surface area (Å²) < 4.78 is 16.2. The lowest BCUT2D eigenvalue weighted by molar-refractivity contribution is -0.147. The summed E-state index contributed by atoms with van der Waals surface area (Å²) in [5, 5.41) is 2.93. The van der Waals surface area contributed by atoms with Crippen molar-refractivity contribution in [2.45, 2.75) is 33.2 Å². The van der Waals surface area contributed by atoms with E-state index >= 15 is 0 Å². The fourth-order valence-corrected chi connectivity index (χ4v) is 3.86. The number of hydrogen-bond acceptors (Lipinski definition) is 8. The molecule has 0 saturated heterocycles. The highest BCUT2D eigenvalue weighted by molar-refractivity contribution is 7.16. The molecule has 164 valence electrons. The summed E-state index contributed by atoms with van der Waals surface area (Å²) >= 11 is 1.26. The summed E-state index contributed by atoms with van der Waals surface area (Å²) in [6, 6.07) is 8.35. The van der Waals surface area contributed by atoms with E-state index in [-0.39, 0.29) is 18.1 Å². The average molecular weight is 446 g/mol. The Labute approximate surface area is 181 Å². The molecule has 0 saturated carbocycles. The molecule has 0 fully saturated rings. The zero-order valence-corrected chi connectivity index (χ0v) is 18.1. The molecule has 0 aliphatic carbocycles. The van der Waals surface area contributed by atoms with Gasteiger partial charge in [-0.1, -0.05) is 26.0 Å². The highest BCUT2D eigenvalue weighted by Crippen LogP contribution is 2.33. The number of oxazole rings is 1. The molecule has 0 bridgehead atoms. The van der Waals surface area contributed by atoms with Gasteiger partial charge in [-0.05, 0) is 31.0 Å². The first-order valence-corrected chi connectivity index (χ1v) is 10.5. The average Bonchev–Trinajstić information content (AvgIpc) is 3.28. The van der Waals surface area contributed by atoms with Crippen LogP contribution in [0.3, 0.4) is 0 Å². The third kappa shape index (κ3) is 5.21. The fraction of sp³-hybridized carbons (Fsp3) is 0.333. The van der Waals surface area contributed by atoms with Gasteiger partial charge >= 0.3 is 17.7 Å². The zero-order valence-electron chi connectivity index (χ0n) is 17.3. The Morgan fingerprint density at radius 2 is 1.94 bits per heavy atom. The molecular formula is C21H22N2O7S. The Hall–Kier alpha value is -3.40. The van der Waals surface area contributed by atoms with Crippen molar-refractivity contribution >= 4 is 45.3 Å². The lowest BCUT2D eigenvalue weighted by Gasteiger charge is -2.07. The number of carbonyl (C=O) groups is 3. The minimum absolute atomic E-state index is 0.157. The quantitative estimate of drug-likeness (QED) is 0.528. The number of amides is 1. The smallest absolute Gasteiger partial charge is 0.420 e. The van der Waals surface area contributed by atoms with E-state index in [1.54, 1.807) is 37.3 Å². The Balaban J connectivity index is 1.63. The standard InChI is InChI=1S/C21H22N2O7S/c1-4-28-20(26)13-9-16(12(2)3)31-19(13)22-17(24)11-29-18(25)10-23-14-7-5-6-8-15(14)30-21(23)27/h5-9,12H,4,10-11H2,1-3H3,(H,22,24). The third-order valence-corrected chi connectivity index (χ3v) is 5.64. The van der Waals surface area contributed by atoms with E-state index in [4.69, 9.17) is 13.9 Å². The maximum Gasteiger partial charge on any atom is 0.420 e. The lowest BCUT2D eigenvalue weighted by atomic mass is 10.1. The predicted octanol–water partition coefficient (Wildman–Crippen LogP) is 3.14. The summed E-state index contributed by atoms with van der Waals surface area (Å²) in [4.78, 5) is 49.4. The molecule has 3 aromatic rings. The lowest BCUT2D eigenvalue weighted by Crippen LogP contribution is -2.26. The van der Waals surface area contributed by atoms with Crippen LogP contribution in [0.5, 0.6) is 0 Å². The Bertz CT molecular complexity index is 1170. The molecular weight excluding hydrogens is 424 g/mol. The second-order valence-electron chi connectivity index (χ2n) is 6.90. The number of carbonyl (C=O) groups excluding carboxylic acids is 3. The molecule has 3 rings (SSSR count). The van der Waals surface area contributed by atoms with E-state index in [0.717, 1.165) is 9.44 Å². The fourth-order valence-electron chi connectivity index (χ4n) is 2.80. The van der Waals surface area contributed by atoms with Gasteiger partial charge in [-0.15, -0.1) is 11.3 Å². The van der Waals surface area contributed by atoms with Gasteiger partial charge in [0.2, 0.25) is 0 Å². The molecule has 31 heavy (non-hydrogen) atoms. The first-order chi connectivity index (χ1) is 14.8. The molecule has 0 radical (unpaired) electrons. The highest BCUT2D eigenvalue weighted by Gasteiger charge is 2.21. The zero-order chi connectivity index (χ0) is 22.5. The number of nitrogens with one attached hydrogen (secondary N) is 1. The normalized spacial score (nSPS) is 11.0. The number of fused-ring (bicyclic) bond motifs is 1. The Morgan fingerprint density at radius 1 is 1.19 bits per heavy atom. The van der Waals surface area contributed by atoms with Crippen molar-refractivity contribution in [1.29, 1.82) is 0 Å². The summed E-state index contributed by atoms with van der Waals surface area (Å²) in [6.45, 7) is 4.87. The number of nitrogens with zero attached hydrogens (tertiary/aromatic N) is 1. The molecule has 1 amide bonds. The number of rotatable bonds is 8. The van der Waals surface area contributed by atoms with Gasteiger partial charge in [0.05, 0.1) is 17.7 Å². The number of anilines is 1. The monoisotopic (exact) mass is 446 g/mol. The first-order valence-electron chi connectivity index (χ1n) is 9.64. The molecule has 9 nitrogen and oxygen atoms in total. The van der Waals surface area contributed by atoms with Crippen molar-refractivity contribution in [2.75, 3.05) is 18.5 Å². The van der Waals surface area contributed by atoms with Crippen LogP contribution in [0.1, 0.15) is 41.9 Å². The molecule has 10 heteroatoms. The molecule has 1 N–H and O–H groups in total. The van der Waals surface area contributed by atoms with Crippen LogP contribution in [0.25, 0.3) is 11.1 Å². The number of esters is 2. The van der Waals surface area contributed by atoms with Crippen molar-refractivity contribution in [3.05, 3.63) is 51.3 Å². The van der Waals surface area contributed by atoms with Crippen LogP contribution < -0.4 is 11.1 Å². The van der Waals surface area contributed by atoms with E-state index in [9.17, 15) is 19.2 Å². The second-order valence-corrected chi connectivity index (χ2v) is 7.98. The minimum Gasteiger partial charge on any atom is -0.462 e. The van der Waals surface area contributed by atoms with Crippen molar-refractivity contribution in [3.8, 4) is 0 Å². The van der Waals surface area contributed by atoms with Gasteiger partial charge in [-0.2, -0.15) is 0 Å². The molecule has 1 aromatic carbocycles. The highest BCUT2D eigenvalue weighted by atomic mass is 32.1. The van der Waals surface area contributed by atoms with Crippen LogP contribution in [-0.4, -0.2) is 35.6 Å². The molecule has 0 aliphatic rings. The summed E-state index contributed by atoms with van der Waals surface area (Å²) in [7, 11) is 0. The van der Waals surface area contributed by atoms with Crippen molar-refractivity contribution in [2.24, 2.45) is 0 Å². The van der Waals surface area contributed by atoms with Gasteiger partial charge in [0.1, 0.15) is 11.5 Å². The number of aromatic nitrogens is 1. The first kappa shape index (κ1) is 22.3. The van der Waals surface area contributed by atoms with Gasteiger partial charge < -0.3 is 19.2 Å². The molecule has 2 heterocycles. The number of benzene rings is 1. The van der Waals surface area contributed by atoms with Crippen LogP contribution in [0.15, 0.2) is 39.5 Å². The maximum atomic E-state index is 12.3. The van der Waals surface area contributed by atoms with Crippen molar-refractivity contribution in [3.63, 3.8) is 0 Å². The van der Waals surface area contributed by atoms with E-state index in [1.807, 2.05) is 13.8 Å². The summed E-state index contributed by atoms with van der Waals surface area (Å²) in [6.07, 6.45) is 0. The number of thiophene rings is 1. The molecule has 0 unspecified atom stereocenters. The SMILES string of the molecule is CCOC(=O)c1cc(C(C)C)sc1NC(=O)COC(=O)Cn1c(=O)oc2ccccc21. The largest absolute Gasteiger partial charge is 0.462 e. The maximum absolute atomic E-state index is 12.3. The van der Waals surface area contributed by atoms with Crippen molar-refractivity contribution in [1.82, 2.24) is 4.57 Å². The van der Waals surface area contributed by atoms with Crippen LogP contribution >= 0.6 is 11.3 Å². The molecule has 0 atom stereocenters. The minimum atomic E-state index is -0.775. The van der Waals surface area contributed by atoms with Crippen LogP contribution in [0.4, 0.5) is 5.00 Å². The van der Waals surface area contributed by atoms with Gasteiger partial charge in [-0.3, -0.25) is 14.2 Å². The molecule has 2 aromatic heterocycles. The van der Waals surface area contributed by atoms with Gasteiger partial charge in [0, 0.05) is 4.88 Å². The van der Waals surface area contributed by atoms with E-state index in [0.29, 0.717) is 16.1 Å². The van der Waals surface area contributed by atoms with Crippen LogP contribution in [0, 0.1) is 0 Å². The number of hydrogen-bond donors (Lipinski definition) is 1. The van der Waals surface area contributed by atoms with Gasteiger partial charge in [0.25, 0.3) is 5.91 Å². The third-order valence-electron chi connectivity index (χ3n) is 4.29.